The summed E-state index contributed by atoms with van der Waals surface area (Å²) in [6.45, 7) is 0. The molecule has 0 heterocycles. The van der Waals surface area contributed by atoms with E-state index in [1.807, 2.05) is 0 Å². The van der Waals surface area contributed by atoms with Gasteiger partial charge in [-0.15, -0.1) is 0 Å². The number of benzene rings is 2. The Hall–Kier alpha value is -1.82. The van der Waals surface area contributed by atoms with E-state index in [9.17, 15) is 0 Å². The monoisotopic (exact) mass is 342 g/mol. The fourth-order valence-electron chi connectivity index (χ4n) is 5.60. The molecule has 2 aromatic carbocycles. The predicted octanol–water partition coefficient (Wildman–Crippen LogP) is 5.01. The molecule has 1 unspecified atom stereocenters. The van der Waals surface area contributed by atoms with Crippen LogP contribution in [0.4, 0.5) is 0 Å². The molecule has 1 atom stereocenters. The molecule has 1 saturated carbocycles. The summed E-state index contributed by atoms with van der Waals surface area (Å²) in [4.78, 5) is 0. The maximum absolute atomic E-state index is 2.61. The second-order valence-corrected chi connectivity index (χ2v) is 8.70. The van der Waals surface area contributed by atoms with Gasteiger partial charge in [0.2, 0.25) is 0 Å². The Labute approximate surface area is 157 Å². The van der Waals surface area contributed by atoms with E-state index in [-0.39, 0.29) is 0 Å². The van der Waals surface area contributed by atoms with E-state index in [0.717, 1.165) is 18.3 Å². The van der Waals surface area contributed by atoms with E-state index in [2.05, 4.69) is 48.6 Å². The SMILES string of the molecule is C1=c2ccc3c(c2CCC1CCC1CCCCC1)CC=c1ccccc1=3. The van der Waals surface area contributed by atoms with Gasteiger partial charge in [-0.3, -0.25) is 0 Å². The van der Waals surface area contributed by atoms with Crippen molar-refractivity contribution in [2.45, 2.75) is 64.2 Å². The van der Waals surface area contributed by atoms with Crippen molar-refractivity contribution < 1.29 is 0 Å². The molecule has 0 aromatic heterocycles. The Kier molecular flexibility index (Phi) is 4.44. The van der Waals surface area contributed by atoms with Crippen molar-refractivity contribution in [1.29, 1.82) is 0 Å². The zero-order valence-corrected chi connectivity index (χ0v) is 15.8. The molecule has 0 amide bonds. The Bertz CT molecular complexity index is 1000. The molecule has 134 valence electrons. The maximum atomic E-state index is 2.61. The minimum Gasteiger partial charge on any atom is -0.0738 e. The van der Waals surface area contributed by atoms with Crippen molar-refractivity contribution in [3.8, 4) is 0 Å². The van der Waals surface area contributed by atoms with Crippen LogP contribution in [0.25, 0.3) is 12.2 Å². The van der Waals surface area contributed by atoms with Crippen LogP contribution in [0.5, 0.6) is 0 Å². The first-order valence-electron chi connectivity index (χ1n) is 10.8. The minimum absolute atomic E-state index is 0.808. The van der Waals surface area contributed by atoms with Crippen LogP contribution in [-0.2, 0) is 12.8 Å². The van der Waals surface area contributed by atoms with Crippen molar-refractivity contribution >= 4 is 12.2 Å². The molecule has 0 saturated heterocycles. The number of fused-ring (bicyclic) bond motifs is 4. The molecule has 5 rings (SSSR count). The Balaban J connectivity index is 1.46. The summed E-state index contributed by atoms with van der Waals surface area (Å²) < 4.78 is 0. The predicted molar refractivity (Wildman–Crippen MR) is 110 cm³/mol. The molecule has 3 aliphatic carbocycles. The molecule has 26 heavy (non-hydrogen) atoms. The molecule has 0 heteroatoms. The molecule has 0 radical (unpaired) electrons. The highest BCUT2D eigenvalue weighted by atomic mass is 14.2. The van der Waals surface area contributed by atoms with Crippen molar-refractivity contribution in [2.24, 2.45) is 11.8 Å². The highest BCUT2D eigenvalue weighted by molar-refractivity contribution is 5.48. The first-order valence-corrected chi connectivity index (χ1v) is 10.8. The number of hydrogen-bond acceptors (Lipinski definition) is 0. The van der Waals surface area contributed by atoms with Gasteiger partial charge in [-0.05, 0) is 75.9 Å². The van der Waals surface area contributed by atoms with Gasteiger partial charge < -0.3 is 0 Å². The fourth-order valence-corrected chi connectivity index (χ4v) is 5.60. The van der Waals surface area contributed by atoms with Crippen LogP contribution in [0.2, 0.25) is 0 Å². The quantitative estimate of drug-likeness (QED) is 0.735. The summed E-state index contributed by atoms with van der Waals surface area (Å²) in [6, 6.07) is 13.7. The molecule has 0 nitrogen and oxygen atoms in total. The summed E-state index contributed by atoms with van der Waals surface area (Å²) >= 11 is 0. The molecular weight excluding hydrogens is 312 g/mol. The largest absolute Gasteiger partial charge is 0.0738 e. The molecule has 0 bridgehead atoms. The van der Waals surface area contributed by atoms with Crippen LogP contribution in [0.1, 0.15) is 62.5 Å². The third-order valence-corrected chi connectivity index (χ3v) is 7.10. The summed E-state index contributed by atoms with van der Waals surface area (Å²) in [5.74, 6) is 1.83. The molecule has 2 aromatic rings. The lowest BCUT2D eigenvalue weighted by Gasteiger charge is -2.25. The Morgan fingerprint density at radius 2 is 1.62 bits per heavy atom. The summed E-state index contributed by atoms with van der Waals surface area (Å²) in [7, 11) is 0. The van der Waals surface area contributed by atoms with Crippen molar-refractivity contribution in [2.75, 3.05) is 0 Å². The van der Waals surface area contributed by atoms with E-state index in [4.69, 9.17) is 0 Å². The van der Waals surface area contributed by atoms with Gasteiger partial charge in [0.15, 0.2) is 0 Å². The Morgan fingerprint density at radius 1 is 0.731 bits per heavy atom. The van der Waals surface area contributed by atoms with Crippen LogP contribution < -0.4 is 10.4 Å². The van der Waals surface area contributed by atoms with Gasteiger partial charge in [0.05, 0.1) is 0 Å². The van der Waals surface area contributed by atoms with E-state index in [0.29, 0.717) is 0 Å². The molecule has 1 fully saturated rings. The van der Waals surface area contributed by atoms with Gasteiger partial charge in [0.1, 0.15) is 0 Å². The third-order valence-electron chi connectivity index (χ3n) is 7.10. The average molecular weight is 343 g/mol. The van der Waals surface area contributed by atoms with E-state index < -0.39 is 0 Å². The second-order valence-electron chi connectivity index (χ2n) is 8.70. The fraction of sp³-hybridized carbons (Fsp3) is 0.462. The summed E-state index contributed by atoms with van der Waals surface area (Å²) in [5, 5.41) is 5.86. The second kappa shape index (κ2) is 7.06. The lowest BCUT2D eigenvalue weighted by atomic mass is 9.80. The Morgan fingerprint density at radius 3 is 2.54 bits per heavy atom. The van der Waals surface area contributed by atoms with Crippen LogP contribution in [0.15, 0.2) is 36.4 Å². The zero-order chi connectivity index (χ0) is 17.3. The standard InChI is InChI=1S/C26H30/c1-2-6-19(7-3-1)10-11-20-12-15-24-22(18-20)14-17-25-23-9-5-4-8-21(23)13-16-26(24)25/h4-5,8-9,13-14,17-20H,1-3,6-7,10-12,15-16H2. The summed E-state index contributed by atoms with van der Waals surface area (Å²) in [5.41, 5.74) is 3.24. The van der Waals surface area contributed by atoms with Gasteiger partial charge in [-0.2, -0.15) is 0 Å². The van der Waals surface area contributed by atoms with Crippen molar-refractivity contribution in [3.05, 3.63) is 68.4 Å². The van der Waals surface area contributed by atoms with Gasteiger partial charge in [-0.25, -0.2) is 0 Å². The van der Waals surface area contributed by atoms with E-state index in [1.165, 1.54) is 78.7 Å². The van der Waals surface area contributed by atoms with Crippen LogP contribution >= 0.6 is 0 Å². The van der Waals surface area contributed by atoms with Crippen LogP contribution in [0, 0.1) is 22.3 Å². The molecule has 0 aliphatic heterocycles. The minimum atomic E-state index is 0.808. The lowest BCUT2D eigenvalue weighted by molar-refractivity contribution is 0.318. The smallest absolute Gasteiger partial charge is 0.00791 e. The van der Waals surface area contributed by atoms with Crippen LogP contribution in [0.3, 0.4) is 0 Å². The van der Waals surface area contributed by atoms with Gasteiger partial charge in [0, 0.05) is 0 Å². The number of rotatable bonds is 3. The zero-order valence-electron chi connectivity index (χ0n) is 15.8. The highest BCUT2D eigenvalue weighted by Crippen LogP contribution is 2.31. The topological polar surface area (TPSA) is 0 Å². The van der Waals surface area contributed by atoms with Gasteiger partial charge >= 0.3 is 0 Å². The average Bonchev–Trinajstić information content (AvgIpc) is 2.72. The normalized spacial score (nSPS) is 21.8. The third kappa shape index (κ3) is 3.04. The molecular formula is C26H30. The first-order chi connectivity index (χ1) is 12.9. The first kappa shape index (κ1) is 16.4. The van der Waals surface area contributed by atoms with Crippen LogP contribution in [-0.4, -0.2) is 0 Å². The lowest BCUT2D eigenvalue weighted by Crippen LogP contribution is -2.23. The van der Waals surface area contributed by atoms with E-state index in [1.54, 1.807) is 11.1 Å². The van der Waals surface area contributed by atoms with Crippen molar-refractivity contribution in [3.63, 3.8) is 0 Å². The van der Waals surface area contributed by atoms with Gasteiger partial charge in [0.25, 0.3) is 0 Å². The van der Waals surface area contributed by atoms with Gasteiger partial charge in [-0.1, -0.05) is 80.7 Å². The summed E-state index contributed by atoms with van der Waals surface area (Å²) in [6.07, 6.45) is 19.1. The molecule has 3 aliphatic rings. The highest BCUT2D eigenvalue weighted by Gasteiger charge is 2.19. The van der Waals surface area contributed by atoms with Crippen molar-refractivity contribution in [1.82, 2.24) is 0 Å². The molecule has 0 N–H and O–H groups in total. The number of hydrogen-bond donors (Lipinski definition) is 0. The maximum Gasteiger partial charge on any atom is -0.00791 e. The van der Waals surface area contributed by atoms with E-state index >= 15 is 0 Å². The molecule has 0 spiro atoms.